The number of rotatable bonds is 3. The molecule has 1 atom stereocenters. The van der Waals surface area contributed by atoms with Gasteiger partial charge in [0.15, 0.2) is 0 Å². The standard InChI is InChI=1S/C16H23N3O3/c1-11-17-13(9-15(20)18-11)14-10-19(6-7-22-14)16(21)8-12-4-2-3-5-12/h9,12,14H,2-8,10H2,1H3,(H,17,18,20)/t14-/m0/s1. The van der Waals surface area contributed by atoms with Crippen LogP contribution in [0.4, 0.5) is 0 Å². The lowest BCUT2D eigenvalue weighted by molar-refractivity contribution is -0.140. The van der Waals surface area contributed by atoms with Gasteiger partial charge < -0.3 is 14.6 Å². The molecule has 3 rings (SSSR count). The van der Waals surface area contributed by atoms with Crippen LogP contribution in [0, 0.1) is 12.8 Å². The van der Waals surface area contributed by atoms with Crippen LogP contribution in [0.5, 0.6) is 0 Å². The highest BCUT2D eigenvalue weighted by Crippen LogP contribution is 2.29. The van der Waals surface area contributed by atoms with Crippen LogP contribution in [0.15, 0.2) is 10.9 Å². The SMILES string of the molecule is Cc1nc([C@@H]2CN(C(=O)CC3CCCC3)CCO2)cc(=O)[nH]1. The summed E-state index contributed by atoms with van der Waals surface area (Å²) in [6, 6.07) is 1.46. The number of nitrogens with one attached hydrogen (secondary N) is 1. The molecule has 120 valence electrons. The van der Waals surface area contributed by atoms with Crippen molar-refractivity contribution in [2.75, 3.05) is 19.7 Å². The number of hydrogen-bond donors (Lipinski definition) is 1. The van der Waals surface area contributed by atoms with E-state index in [2.05, 4.69) is 9.97 Å². The highest BCUT2D eigenvalue weighted by molar-refractivity contribution is 5.76. The monoisotopic (exact) mass is 305 g/mol. The van der Waals surface area contributed by atoms with Gasteiger partial charge in [-0.2, -0.15) is 0 Å². The first-order valence-electron chi connectivity index (χ1n) is 8.09. The van der Waals surface area contributed by atoms with Gasteiger partial charge in [0, 0.05) is 19.0 Å². The zero-order chi connectivity index (χ0) is 15.5. The number of H-pyrrole nitrogens is 1. The van der Waals surface area contributed by atoms with Crippen molar-refractivity contribution in [3.8, 4) is 0 Å². The number of amides is 1. The van der Waals surface area contributed by atoms with Crippen LogP contribution in [0.3, 0.4) is 0 Å². The first-order valence-corrected chi connectivity index (χ1v) is 8.09. The van der Waals surface area contributed by atoms with E-state index in [1.165, 1.54) is 31.7 Å². The van der Waals surface area contributed by atoms with Crippen molar-refractivity contribution in [3.05, 3.63) is 27.9 Å². The zero-order valence-electron chi connectivity index (χ0n) is 13.0. The minimum absolute atomic E-state index is 0.180. The summed E-state index contributed by atoms with van der Waals surface area (Å²) in [4.78, 5) is 32.8. The summed E-state index contributed by atoms with van der Waals surface area (Å²) in [5, 5.41) is 0. The van der Waals surface area contributed by atoms with Crippen LogP contribution in [-0.4, -0.2) is 40.5 Å². The summed E-state index contributed by atoms with van der Waals surface area (Å²) in [5.41, 5.74) is 0.431. The van der Waals surface area contributed by atoms with E-state index in [9.17, 15) is 9.59 Å². The molecule has 6 nitrogen and oxygen atoms in total. The third-order valence-electron chi connectivity index (χ3n) is 4.57. The molecule has 1 saturated heterocycles. The summed E-state index contributed by atoms with van der Waals surface area (Å²) >= 11 is 0. The first kappa shape index (κ1) is 15.2. The number of morpholine rings is 1. The number of carbonyl (C=O) groups excluding carboxylic acids is 1. The summed E-state index contributed by atoms with van der Waals surface area (Å²) in [6.07, 6.45) is 5.19. The van der Waals surface area contributed by atoms with Gasteiger partial charge in [-0.15, -0.1) is 0 Å². The molecule has 1 aliphatic heterocycles. The first-order chi connectivity index (χ1) is 10.6. The maximum atomic E-state index is 12.4. The Balaban J connectivity index is 1.65. The molecule has 1 amide bonds. The Morgan fingerprint density at radius 1 is 1.45 bits per heavy atom. The fourth-order valence-corrected chi connectivity index (χ4v) is 3.41. The van der Waals surface area contributed by atoms with Gasteiger partial charge in [0.05, 0.1) is 18.8 Å². The Bertz CT molecular complexity index is 593. The fourth-order valence-electron chi connectivity index (χ4n) is 3.41. The Labute approximate surface area is 129 Å². The quantitative estimate of drug-likeness (QED) is 0.919. The molecule has 1 aliphatic carbocycles. The van der Waals surface area contributed by atoms with Crippen LogP contribution >= 0.6 is 0 Å². The number of ether oxygens (including phenoxy) is 1. The van der Waals surface area contributed by atoms with Gasteiger partial charge in [-0.1, -0.05) is 12.8 Å². The average Bonchev–Trinajstić information content (AvgIpc) is 2.99. The second-order valence-corrected chi connectivity index (χ2v) is 6.31. The lowest BCUT2D eigenvalue weighted by atomic mass is 10.0. The smallest absolute Gasteiger partial charge is 0.251 e. The summed E-state index contributed by atoms with van der Waals surface area (Å²) in [7, 11) is 0. The van der Waals surface area contributed by atoms with Crippen molar-refractivity contribution in [2.45, 2.75) is 45.1 Å². The summed E-state index contributed by atoms with van der Waals surface area (Å²) in [6.45, 7) is 3.36. The maximum Gasteiger partial charge on any atom is 0.251 e. The minimum Gasteiger partial charge on any atom is -0.368 e. The van der Waals surface area contributed by atoms with Crippen LogP contribution in [0.25, 0.3) is 0 Å². The average molecular weight is 305 g/mol. The van der Waals surface area contributed by atoms with Crippen LogP contribution in [0.2, 0.25) is 0 Å². The van der Waals surface area contributed by atoms with E-state index < -0.39 is 0 Å². The molecule has 1 saturated carbocycles. The minimum atomic E-state index is -0.303. The maximum absolute atomic E-state index is 12.4. The third-order valence-corrected chi connectivity index (χ3v) is 4.57. The Morgan fingerprint density at radius 3 is 2.95 bits per heavy atom. The Morgan fingerprint density at radius 2 is 2.23 bits per heavy atom. The van der Waals surface area contributed by atoms with E-state index in [1.54, 1.807) is 6.92 Å². The molecule has 0 aromatic carbocycles. The van der Waals surface area contributed by atoms with E-state index in [1.807, 2.05) is 4.90 Å². The fraction of sp³-hybridized carbons (Fsp3) is 0.688. The van der Waals surface area contributed by atoms with Crippen LogP contribution in [0.1, 0.15) is 49.7 Å². The molecule has 2 aliphatic rings. The number of aryl methyl sites for hydroxylation is 1. The molecule has 0 bridgehead atoms. The third kappa shape index (κ3) is 3.55. The Kier molecular flexibility index (Phi) is 4.57. The van der Waals surface area contributed by atoms with Crippen molar-refractivity contribution in [2.24, 2.45) is 5.92 Å². The number of carbonyl (C=O) groups is 1. The molecular formula is C16H23N3O3. The molecule has 6 heteroatoms. The molecule has 22 heavy (non-hydrogen) atoms. The van der Waals surface area contributed by atoms with Gasteiger partial charge >= 0.3 is 0 Å². The van der Waals surface area contributed by atoms with E-state index in [-0.39, 0.29) is 17.6 Å². The summed E-state index contributed by atoms with van der Waals surface area (Å²) in [5.74, 6) is 1.33. The molecule has 2 fully saturated rings. The van der Waals surface area contributed by atoms with Gasteiger partial charge in [0.1, 0.15) is 11.9 Å². The topological polar surface area (TPSA) is 75.3 Å². The molecule has 2 heterocycles. The van der Waals surface area contributed by atoms with Crippen LogP contribution < -0.4 is 5.56 Å². The molecule has 0 spiro atoms. The summed E-state index contributed by atoms with van der Waals surface area (Å²) < 4.78 is 5.72. The van der Waals surface area contributed by atoms with Crippen molar-refractivity contribution < 1.29 is 9.53 Å². The van der Waals surface area contributed by atoms with E-state index in [4.69, 9.17) is 4.74 Å². The highest BCUT2D eigenvalue weighted by Gasteiger charge is 2.28. The number of nitrogens with zero attached hydrogens (tertiary/aromatic N) is 2. The van der Waals surface area contributed by atoms with Gasteiger partial charge in [-0.3, -0.25) is 9.59 Å². The predicted molar refractivity (Wildman–Crippen MR) is 81.4 cm³/mol. The van der Waals surface area contributed by atoms with Crippen molar-refractivity contribution in [1.82, 2.24) is 14.9 Å². The van der Waals surface area contributed by atoms with Gasteiger partial charge in [0.2, 0.25) is 5.91 Å². The van der Waals surface area contributed by atoms with Gasteiger partial charge in [0.25, 0.3) is 5.56 Å². The van der Waals surface area contributed by atoms with E-state index in [0.29, 0.717) is 43.6 Å². The lowest BCUT2D eigenvalue weighted by Crippen LogP contribution is -2.43. The number of aromatic amines is 1. The highest BCUT2D eigenvalue weighted by atomic mass is 16.5. The number of aromatic nitrogens is 2. The molecule has 1 aromatic rings. The van der Waals surface area contributed by atoms with E-state index >= 15 is 0 Å². The van der Waals surface area contributed by atoms with Crippen molar-refractivity contribution in [1.29, 1.82) is 0 Å². The number of hydrogen-bond acceptors (Lipinski definition) is 4. The molecule has 0 radical (unpaired) electrons. The van der Waals surface area contributed by atoms with Crippen molar-refractivity contribution >= 4 is 5.91 Å². The van der Waals surface area contributed by atoms with E-state index in [0.717, 1.165) is 0 Å². The van der Waals surface area contributed by atoms with Crippen molar-refractivity contribution in [3.63, 3.8) is 0 Å². The largest absolute Gasteiger partial charge is 0.368 e. The van der Waals surface area contributed by atoms with Crippen LogP contribution in [-0.2, 0) is 9.53 Å². The zero-order valence-corrected chi connectivity index (χ0v) is 13.0. The predicted octanol–water partition coefficient (Wildman–Crippen LogP) is 1.56. The lowest BCUT2D eigenvalue weighted by Gasteiger charge is -2.33. The molecule has 1 aromatic heterocycles. The molecule has 0 unspecified atom stereocenters. The molecule has 1 N–H and O–H groups in total. The Hall–Kier alpha value is -1.69. The second-order valence-electron chi connectivity index (χ2n) is 6.31. The normalized spacial score (nSPS) is 23.0. The van der Waals surface area contributed by atoms with Gasteiger partial charge in [-0.25, -0.2) is 4.98 Å². The second kappa shape index (κ2) is 6.60. The van der Waals surface area contributed by atoms with Gasteiger partial charge in [-0.05, 0) is 25.7 Å². The molecular weight excluding hydrogens is 282 g/mol.